The van der Waals surface area contributed by atoms with Gasteiger partial charge in [0, 0.05) is 6.04 Å². The molecule has 1 N–H and O–H groups in total. The lowest BCUT2D eigenvalue weighted by molar-refractivity contribution is 0.0596. The van der Waals surface area contributed by atoms with Gasteiger partial charge in [-0.25, -0.2) is 17.9 Å². The van der Waals surface area contributed by atoms with Crippen LogP contribution in [0, 0.1) is 6.92 Å². The van der Waals surface area contributed by atoms with Crippen LogP contribution < -0.4 is 4.72 Å². The van der Waals surface area contributed by atoms with Gasteiger partial charge in [-0.15, -0.1) is 0 Å². The van der Waals surface area contributed by atoms with E-state index in [2.05, 4.69) is 9.46 Å². The van der Waals surface area contributed by atoms with E-state index in [-0.39, 0.29) is 10.5 Å². The number of aryl methyl sites for hydroxylation is 1. The number of carbonyl (C=O) groups is 1. The van der Waals surface area contributed by atoms with Gasteiger partial charge >= 0.3 is 5.97 Å². The van der Waals surface area contributed by atoms with Crippen molar-refractivity contribution >= 4 is 16.0 Å². The van der Waals surface area contributed by atoms with Crippen LogP contribution in [0.5, 0.6) is 0 Å². The Labute approximate surface area is 136 Å². The molecule has 0 radical (unpaired) electrons. The second-order valence-corrected chi connectivity index (χ2v) is 6.92. The monoisotopic (exact) mass is 333 g/mol. The first-order valence-corrected chi connectivity index (χ1v) is 8.59. The molecule has 0 heterocycles. The van der Waals surface area contributed by atoms with Crippen LogP contribution in [0.3, 0.4) is 0 Å². The molecule has 0 spiro atoms. The van der Waals surface area contributed by atoms with Crippen molar-refractivity contribution in [2.24, 2.45) is 0 Å². The van der Waals surface area contributed by atoms with Gasteiger partial charge in [-0.1, -0.05) is 42.0 Å². The average Bonchev–Trinajstić information content (AvgIpc) is 2.54. The third kappa shape index (κ3) is 3.97. The van der Waals surface area contributed by atoms with Crippen molar-refractivity contribution in [1.29, 1.82) is 0 Å². The molecule has 2 aromatic carbocycles. The number of carbonyl (C=O) groups excluding carboxylic acids is 1. The fraction of sp³-hybridized carbons (Fsp3) is 0.235. The van der Waals surface area contributed by atoms with Gasteiger partial charge in [0.05, 0.1) is 17.6 Å². The molecule has 1 atom stereocenters. The second kappa shape index (κ2) is 6.93. The highest BCUT2D eigenvalue weighted by molar-refractivity contribution is 7.89. The van der Waals surface area contributed by atoms with Crippen molar-refractivity contribution in [2.75, 3.05) is 7.11 Å². The van der Waals surface area contributed by atoms with Crippen LogP contribution in [0.2, 0.25) is 0 Å². The Hall–Kier alpha value is -2.18. The number of nitrogens with one attached hydrogen (secondary N) is 1. The van der Waals surface area contributed by atoms with Gasteiger partial charge in [0.25, 0.3) is 0 Å². The van der Waals surface area contributed by atoms with E-state index in [0.29, 0.717) is 0 Å². The highest BCUT2D eigenvalue weighted by Crippen LogP contribution is 2.20. The van der Waals surface area contributed by atoms with Gasteiger partial charge in [0.1, 0.15) is 0 Å². The fourth-order valence-electron chi connectivity index (χ4n) is 2.20. The Morgan fingerprint density at radius 3 is 2.30 bits per heavy atom. The molecule has 0 amide bonds. The maximum atomic E-state index is 12.6. The lowest BCUT2D eigenvalue weighted by Crippen LogP contribution is -2.28. The van der Waals surface area contributed by atoms with Crippen LogP contribution in [0.4, 0.5) is 0 Å². The Morgan fingerprint density at radius 1 is 1.09 bits per heavy atom. The van der Waals surface area contributed by atoms with Gasteiger partial charge in [0.15, 0.2) is 0 Å². The van der Waals surface area contributed by atoms with E-state index < -0.39 is 22.0 Å². The minimum absolute atomic E-state index is 0.0126. The van der Waals surface area contributed by atoms with E-state index in [0.717, 1.165) is 11.1 Å². The summed E-state index contributed by atoms with van der Waals surface area (Å²) in [7, 11) is -2.64. The highest BCUT2D eigenvalue weighted by atomic mass is 32.2. The molecule has 0 aromatic heterocycles. The third-order valence-corrected chi connectivity index (χ3v) is 5.09. The fourth-order valence-corrected chi connectivity index (χ4v) is 3.63. The number of hydrogen-bond donors (Lipinski definition) is 1. The minimum Gasteiger partial charge on any atom is -0.465 e. The van der Waals surface area contributed by atoms with E-state index in [9.17, 15) is 13.2 Å². The molecule has 2 rings (SSSR count). The van der Waals surface area contributed by atoms with Crippen molar-refractivity contribution in [3.8, 4) is 0 Å². The first kappa shape index (κ1) is 17.2. The molecule has 0 aliphatic carbocycles. The molecule has 0 bridgehead atoms. The molecule has 0 saturated carbocycles. The molecule has 23 heavy (non-hydrogen) atoms. The van der Waals surface area contributed by atoms with E-state index in [4.69, 9.17) is 0 Å². The third-order valence-electron chi connectivity index (χ3n) is 3.49. The Bertz CT molecular complexity index is 798. The Kier molecular flexibility index (Phi) is 5.18. The van der Waals surface area contributed by atoms with Gasteiger partial charge in [-0.05, 0) is 31.5 Å². The summed E-state index contributed by atoms with van der Waals surface area (Å²) in [6.45, 7) is 3.72. The number of esters is 1. The summed E-state index contributed by atoms with van der Waals surface area (Å²) in [5.74, 6) is -0.686. The molecular formula is C17H19NO4S. The predicted molar refractivity (Wildman–Crippen MR) is 87.7 cm³/mol. The van der Waals surface area contributed by atoms with Crippen LogP contribution in [0.15, 0.2) is 53.4 Å². The second-order valence-electron chi connectivity index (χ2n) is 5.24. The quantitative estimate of drug-likeness (QED) is 0.854. The average molecular weight is 333 g/mol. The number of sulfonamides is 1. The lowest BCUT2D eigenvalue weighted by Gasteiger charge is -2.16. The van der Waals surface area contributed by atoms with Crippen molar-refractivity contribution in [2.45, 2.75) is 24.8 Å². The molecule has 6 heteroatoms. The van der Waals surface area contributed by atoms with Crippen molar-refractivity contribution in [3.05, 3.63) is 65.2 Å². The van der Waals surface area contributed by atoms with Crippen LogP contribution in [0.1, 0.15) is 34.5 Å². The summed E-state index contributed by atoms with van der Waals surface area (Å²) in [6.07, 6.45) is 0. The highest BCUT2D eigenvalue weighted by Gasteiger charge is 2.24. The molecule has 1 unspecified atom stereocenters. The van der Waals surface area contributed by atoms with Crippen LogP contribution in [-0.4, -0.2) is 21.5 Å². The van der Waals surface area contributed by atoms with Gasteiger partial charge in [-0.2, -0.15) is 0 Å². The Morgan fingerprint density at radius 2 is 1.70 bits per heavy atom. The molecule has 0 aliphatic heterocycles. The normalized spacial score (nSPS) is 12.7. The van der Waals surface area contributed by atoms with Crippen molar-refractivity contribution in [3.63, 3.8) is 0 Å². The van der Waals surface area contributed by atoms with Gasteiger partial charge in [0.2, 0.25) is 10.0 Å². The lowest BCUT2D eigenvalue weighted by atomic mass is 10.1. The van der Waals surface area contributed by atoms with E-state index in [1.54, 1.807) is 19.1 Å². The SMILES string of the molecule is COC(=O)c1ccccc1S(=O)(=O)NC(C)c1ccc(C)cc1. The van der Waals surface area contributed by atoms with Crippen molar-refractivity contribution < 1.29 is 17.9 Å². The molecular weight excluding hydrogens is 314 g/mol. The van der Waals surface area contributed by atoms with E-state index >= 15 is 0 Å². The van der Waals surface area contributed by atoms with Gasteiger partial charge < -0.3 is 4.74 Å². The van der Waals surface area contributed by atoms with Crippen LogP contribution >= 0.6 is 0 Å². The topological polar surface area (TPSA) is 72.5 Å². The maximum absolute atomic E-state index is 12.6. The zero-order chi connectivity index (χ0) is 17.0. The van der Waals surface area contributed by atoms with E-state index in [1.165, 1.54) is 19.2 Å². The first-order chi connectivity index (χ1) is 10.8. The number of hydrogen-bond acceptors (Lipinski definition) is 4. The summed E-state index contributed by atoms with van der Waals surface area (Å²) in [4.78, 5) is 11.7. The summed E-state index contributed by atoms with van der Waals surface area (Å²) in [6, 6.07) is 13.1. The molecule has 0 aliphatic rings. The summed E-state index contributed by atoms with van der Waals surface area (Å²) in [5.41, 5.74) is 1.95. The zero-order valence-corrected chi connectivity index (χ0v) is 14.1. The number of methoxy groups -OCH3 is 1. The standard InChI is InChI=1S/C17H19NO4S/c1-12-8-10-14(11-9-12)13(2)18-23(20,21)16-7-5-4-6-15(16)17(19)22-3/h4-11,13,18H,1-3H3. The van der Waals surface area contributed by atoms with E-state index in [1.807, 2.05) is 31.2 Å². The predicted octanol–water partition coefficient (Wildman–Crippen LogP) is 2.82. The summed E-state index contributed by atoms with van der Waals surface area (Å²) < 4.78 is 32.4. The molecule has 0 fully saturated rings. The van der Waals surface area contributed by atoms with Gasteiger partial charge in [-0.3, -0.25) is 0 Å². The maximum Gasteiger partial charge on any atom is 0.339 e. The first-order valence-electron chi connectivity index (χ1n) is 7.11. The Balaban J connectivity index is 2.32. The summed E-state index contributed by atoms with van der Waals surface area (Å²) >= 11 is 0. The van der Waals surface area contributed by atoms with Crippen molar-refractivity contribution in [1.82, 2.24) is 4.72 Å². The number of benzene rings is 2. The molecule has 0 saturated heterocycles. The molecule has 122 valence electrons. The number of rotatable bonds is 5. The number of ether oxygens (including phenoxy) is 1. The van der Waals surface area contributed by atoms with Crippen LogP contribution in [-0.2, 0) is 14.8 Å². The minimum atomic E-state index is -3.85. The molecule has 5 nitrogen and oxygen atoms in total. The van der Waals surface area contributed by atoms with Crippen LogP contribution in [0.25, 0.3) is 0 Å². The molecule has 2 aromatic rings. The zero-order valence-electron chi connectivity index (χ0n) is 13.2. The smallest absolute Gasteiger partial charge is 0.339 e. The summed E-state index contributed by atoms with van der Waals surface area (Å²) in [5, 5.41) is 0. The largest absolute Gasteiger partial charge is 0.465 e.